The van der Waals surface area contributed by atoms with Crippen LogP contribution in [-0.2, 0) is 19.1 Å². The number of methoxy groups -OCH3 is 1. The second kappa shape index (κ2) is 14.0. The van der Waals surface area contributed by atoms with E-state index in [2.05, 4.69) is 16.0 Å². The van der Waals surface area contributed by atoms with Crippen LogP contribution in [0.25, 0.3) is 11.0 Å². The molecule has 1 aliphatic rings. The third-order valence-corrected chi connectivity index (χ3v) is 6.73. The highest BCUT2D eigenvalue weighted by atomic mass is 16.5. The second-order valence-electron chi connectivity index (χ2n) is 11.1. The van der Waals surface area contributed by atoms with Crippen LogP contribution < -0.4 is 16.0 Å². The van der Waals surface area contributed by atoms with Crippen molar-refractivity contribution in [2.24, 2.45) is 11.8 Å². The molecule has 1 fully saturated rings. The molecule has 0 saturated carbocycles. The van der Waals surface area contributed by atoms with Gasteiger partial charge in [-0.2, -0.15) is 0 Å². The van der Waals surface area contributed by atoms with Crippen LogP contribution in [-0.4, -0.2) is 72.8 Å². The highest BCUT2D eigenvalue weighted by Crippen LogP contribution is 2.19. The molecular weight excluding hydrogens is 516 g/mol. The Morgan fingerprint density at radius 2 is 1.70 bits per heavy atom. The molecule has 2 aromatic rings. The lowest BCUT2D eigenvalue weighted by atomic mass is 10.0. The number of likely N-dealkylation sites (tertiary alicyclic amines) is 1. The lowest BCUT2D eigenvalue weighted by Gasteiger charge is -2.25. The van der Waals surface area contributed by atoms with Gasteiger partial charge in [0.05, 0.1) is 19.7 Å². The van der Waals surface area contributed by atoms with Crippen molar-refractivity contribution >= 4 is 40.6 Å². The Kier molecular flexibility index (Phi) is 10.7. The molecule has 4 amide bonds. The van der Waals surface area contributed by atoms with Gasteiger partial charge in [0, 0.05) is 11.9 Å². The topological polar surface area (TPSA) is 147 Å². The number of carbonyl (C=O) groups excluding carboxylic acids is 5. The zero-order chi connectivity index (χ0) is 29.4. The van der Waals surface area contributed by atoms with Crippen molar-refractivity contribution in [3.8, 4) is 0 Å². The molecule has 11 nitrogen and oxygen atoms in total. The Labute approximate surface area is 234 Å². The molecule has 0 aliphatic carbocycles. The van der Waals surface area contributed by atoms with Crippen LogP contribution in [0.1, 0.15) is 63.9 Å². The van der Waals surface area contributed by atoms with Crippen LogP contribution >= 0.6 is 0 Å². The van der Waals surface area contributed by atoms with E-state index in [1.54, 1.807) is 18.2 Å². The molecule has 2 heterocycles. The Bertz CT molecular complexity index is 1190. The molecule has 40 heavy (non-hydrogen) atoms. The van der Waals surface area contributed by atoms with Crippen molar-refractivity contribution in [2.45, 2.75) is 71.5 Å². The maximum Gasteiger partial charge on any atom is 0.328 e. The number of esters is 1. The summed E-state index contributed by atoms with van der Waals surface area (Å²) >= 11 is 0. The zero-order valence-corrected chi connectivity index (χ0v) is 23.8. The van der Waals surface area contributed by atoms with Gasteiger partial charge in [-0.15, -0.1) is 0 Å². The van der Waals surface area contributed by atoms with E-state index in [9.17, 15) is 24.0 Å². The molecule has 0 bridgehead atoms. The van der Waals surface area contributed by atoms with E-state index in [1.165, 1.54) is 12.0 Å². The first-order chi connectivity index (χ1) is 19.0. The average molecular weight is 557 g/mol. The third-order valence-electron chi connectivity index (χ3n) is 6.73. The summed E-state index contributed by atoms with van der Waals surface area (Å²) < 4.78 is 10.4. The van der Waals surface area contributed by atoms with E-state index >= 15 is 0 Å². The van der Waals surface area contributed by atoms with E-state index in [-0.39, 0.29) is 36.5 Å². The van der Waals surface area contributed by atoms with Crippen molar-refractivity contribution in [3.63, 3.8) is 0 Å². The van der Waals surface area contributed by atoms with E-state index < -0.39 is 41.9 Å². The molecule has 3 N–H and O–H groups in total. The van der Waals surface area contributed by atoms with Crippen molar-refractivity contribution in [2.75, 3.05) is 20.2 Å². The molecule has 3 rings (SSSR count). The van der Waals surface area contributed by atoms with Crippen LogP contribution in [0.5, 0.6) is 0 Å². The van der Waals surface area contributed by atoms with Gasteiger partial charge in [0.2, 0.25) is 5.91 Å². The predicted octanol–water partition coefficient (Wildman–Crippen LogP) is 3.02. The standard InChI is InChI=1S/C29H40N4O7/c1-17(2)13-21(31-27(36)25-15-19-9-6-7-11-24(19)40-25)26(35)30-20-10-8-12-33(16-23(20)34)29(38)32-22(14-18(3)4)28(37)39-5/h6-7,9,11,15,17-18,20-22H,8,10,12-14,16H2,1-5H3,(H,30,35)(H,31,36)(H,32,38)/t20?,21-,22+/m0/s1. The molecule has 0 spiro atoms. The number of urea groups is 1. The number of rotatable bonds is 10. The Morgan fingerprint density at radius 3 is 2.35 bits per heavy atom. The Morgan fingerprint density at radius 1 is 1.02 bits per heavy atom. The molecular formula is C29H40N4O7. The van der Waals surface area contributed by atoms with E-state index in [0.717, 1.165) is 5.39 Å². The number of ketones is 1. The van der Waals surface area contributed by atoms with Gasteiger partial charge in [-0.25, -0.2) is 9.59 Å². The third kappa shape index (κ3) is 8.30. The van der Waals surface area contributed by atoms with Crippen molar-refractivity contribution in [1.29, 1.82) is 0 Å². The van der Waals surface area contributed by atoms with E-state index in [1.807, 2.05) is 39.8 Å². The lowest BCUT2D eigenvalue weighted by Crippen LogP contribution is -2.53. The summed E-state index contributed by atoms with van der Waals surface area (Å²) in [6, 6.07) is 5.80. The number of para-hydroxylation sites is 1. The molecule has 1 unspecified atom stereocenters. The maximum absolute atomic E-state index is 13.3. The van der Waals surface area contributed by atoms with Crippen LogP contribution in [0.15, 0.2) is 34.7 Å². The Balaban J connectivity index is 1.63. The fraction of sp³-hybridized carbons (Fsp3) is 0.552. The van der Waals surface area contributed by atoms with Crippen molar-refractivity contribution in [3.05, 3.63) is 36.1 Å². The minimum atomic E-state index is -0.881. The van der Waals surface area contributed by atoms with Gasteiger partial charge in [-0.05, 0) is 49.7 Å². The first-order valence-electron chi connectivity index (χ1n) is 13.7. The number of nitrogens with zero attached hydrogens (tertiary/aromatic N) is 1. The summed E-state index contributed by atoms with van der Waals surface area (Å²) in [6.07, 6.45) is 1.57. The number of furan rings is 1. The van der Waals surface area contributed by atoms with Gasteiger partial charge in [0.1, 0.15) is 17.7 Å². The number of hydrogen-bond donors (Lipinski definition) is 3. The lowest BCUT2D eigenvalue weighted by molar-refractivity contribution is -0.143. The number of amides is 4. The quantitative estimate of drug-likeness (QED) is 0.381. The SMILES string of the molecule is COC(=O)[C@@H](CC(C)C)NC(=O)N1CCCC(NC(=O)[C@H](CC(C)C)NC(=O)c2cc3ccccc3o2)C(=O)C1. The van der Waals surface area contributed by atoms with Gasteiger partial charge < -0.3 is 30.0 Å². The highest BCUT2D eigenvalue weighted by molar-refractivity contribution is 6.00. The molecule has 1 aromatic carbocycles. The van der Waals surface area contributed by atoms with E-state index in [4.69, 9.17) is 9.15 Å². The summed E-state index contributed by atoms with van der Waals surface area (Å²) in [6.45, 7) is 7.79. The number of Topliss-reactive ketones (excluding diaryl/α,β-unsaturated/α-hetero) is 1. The summed E-state index contributed by atoms with van der Waals surface area (Å²) in [5.74, 6) is -1.55. The number of benzene rings is 1. The molecule has 1 saturated heterocycles. The van der Waals surface area contributed by atoms with Gasteiger partial charge >= 0.3 is 12.0 Å². The van der Waals surface area contributed by atoms with Crippen molar-refractivity contribution < 1.29 is 33.1 Å². The van der Waals surface area contributed by atoms with Gasteiger partial charge in [-0.1, -0.05) is 45.9 Å². The first-order valence-corrected chi connectivity index (χ1v) is 13.7. The molecule has 0 radical (unpaired) electrons. The van der Waals surface area contributed by atoms with E-state index in [0.29, 0.717) is 31.3 Å². The summed E-state index contributed by atoms with van der Waals surface area (Å²) in [7, 11) is 1.26. The Hall–Kier alpha value is -3.89. The smallest absolute Gasteiger partial charge is 0.328 e. The second-order valence-corrected chi connectivity index (χ2v) is 11.1. The monoisotopic (exact) mass is 556 g/mol. The number of carbonyl (C=O) groups is 5. The average Bonchev–Trinajstić information content (AvgIpc) is 3.26. The summed E-state index contributed by atoms with van der Waals surface area (Å²) in [5, 5.41) is 8.99. The highest BCUT2D eigenvalue weighted by Gasteiger charge is 2.33. The molecule has 11 heteroatoms. The van der Waals surface area contributed by atoms with Crippen LogP contribution in [0, 0.1) is 11.8 Å². The molecule has 218 valence electrons. The summed E-state index contributed by atoms with van der Waals surface area (Å²) in [5.41, 5.74) is 0.567. The van der Waals surface area contributed by atoms with Crippen LogP contribution in [0.2, 0.25) is 0 Å². The number of ether oxygens (including phenoxy) is 1. The largest absolute Gasteiger partial charge is 0.467 e. The minimum absolute atomic E-state index is 0.0874. The van der Waals surface area contributed by atoms with Crippen molar-refractivity contribution in [1.82, 2.24) is 20.9 Å². The molecule has 1 aliphatic heterocycles. The number of hydrogen-bond acceptors (Lipinski definition) is 7. The van der Waals surface area contributed by atoms with Gasteiger partial charge in [-0.3, -0.25) is 14.4 Å². The first kappa shape index (κ1) is 30.6. The summed E-state index contributed by atoms with van der Waals surface area (Å²) in [4.78, 5) is 65.6. The maximum atomic E-state index is 13.3. The fourth-order valence-corrected chi connectivity index (χ4v) is 4.72. The van der Waals surface area contributed by atoms with Crippen LogP contribution in [0.3, 0.4) is 0 Å². The fourth-order valence-electron chi connectivity index (χ4n) is 4.72. The van der Waals surface area contributed by atoms with Gasteiger partial charge in [0.25, 0.3) is 5.91 Å². The predicted molar refractivity (Wildman–Crippen MR) is 148 cm³/mol. The normalized spacial score (nSPS) is 17.3. The zero-order valence-electron chi connectivity index (χ0n) is 23.8. The van der Waals surface area contributed by atoms with Crippen LogP contribution in [0.4, 0.5) is 4.79 Å². The molecule has 1 aromatic heterocycles. The minimum Gasteiger partial charge on any atom is -0.467 e. The van der Waals surface area contributed by atoms with Gasteiger partial charge in [0.15, 0.2) is 11.5 Å². The number of nitrogens with one attached hydrogen (secondary N) is 3. The number of fused-ring (bicyclic) bond motifs is 1. The molecule has 3 atom stereocenters.